The van der Waals surface area contributed by atoms with Gasteiger partial charge in [-0.1, -0.05) is 6.92 Å². The summed E-state index contributed by atoms with van der Waals surface area (Å²) in [6.07, 6.45) is 0.838. The number of piperazine rings is 1. The first-order valence-corrected chi connectivity index (χ1v) is 7.34. The zero-order valence-corrected chi connectivity index (χ0v) is 12.1. The van der Waals surface area contributed by atoms with Gasteiger partial charge in [0.15, 0.2) is 5.58 Å². The minimum Gasteiger partial charge on any atom is -0.408 e. The average molecular weight is 289 g/mol. The molecule has 6 nitrogen and oxygen atoms in total. The molecule has 0 radical (unpaired) electrons. The zero-order chi connectivity index (χ0) is 14.8. The second-order valence-electron chi connectivity index (χ2n) is 5.24. The van der Waals surface area contributed by atoms with Crippen LogP contribution in [0.25, 0.3) is 11.1 Å². The Morgan fingerprint density at radius 1 is 1.33 bits per heavy atom. The number of rotatable bonds is 3. The van der Waals surface area contributed by atoms with Gasteiger partial charge in [0.1, 0.15) is 0 Å². The first-order valence-electron chi connectivity index (χ1n) is 7.34. The number of carbonyl (C=O) groups excluding carboxylic acids is 1. The van der Waals surface area contributed by atoms with Gasteiger partial charge in [0.05, 0.1) is 5.52 Å². The predicted molar refractivity (Wildman–Crippen MR) is 79.5 cm³/mol. The zero-order valence-electron chi connectivity index (χ0n) is 12.1. The lowest BCUT2D eigenvalue weighted by Crippen LogP contribution is -2.46. The van der Waals surface area contributed by atoms with E-state index in [9.17, 15) is 9.59 Å². The number of nitrogens with zero attached hydrogens (tertiary/aromatic N) is 2. The van der Waals surface area contributed by atoms with Crippen LogP contribution in [0.5, 0.6) is 0 Å². The van der Waals surface area contributed by atoms with Crippen LogP contribution in [0.15, 0.2) is 27.4 Å². The van der Waals surface area contributed by atoms with E-state index in [1.165, 1.54) is 0 Å². The Morgan fingerprint density at radius 3 is 2.81 bits per heavy atom. The molecule has 1 N–H and O–H groups in total. The molecule has 0 aliphatic carbocycles. The molecule has 1 fully saturated rings. The SMILES string of the molecule is CCCn1c(=O)oc2ccc(C(=O)N3CCNCC3)cc21. The van der Waals surface area contributed by atoms with E-state index in [2.05, 4.69) is 5.32 Å². The Balaban J connectivity index is 1.97. The van der Waals surface area contributed by atoms with Gasteiger partial charge in [-0.25, -0.2) is 4.79 Å². The average Bonchev–Trinajstić information content (AvgIpc) is 2.83. The number of benzene rings is 1. The molecule has 21 heavy (non-hydrogen) atoms. The molecule has 0 bridgehead atoms. The van der Waals surface area contributed by atoms with Gasteiger partial charge in [0.2, 0.25) is 0 Å². The maximum absolute atomic E-state index is 12.5. The molecule has 1 saturated heterocycles. The highest BCUT2D eigenvalue weighted by Gasteiger charge is 2.19. The topological polar surface area (TPSA) is 67.5 Å². The predicted octanol–water partition coefficient (Wildman–Crippen LogP) is 1.05. The Morgan fingerprint density at radius 2 is 2.10 bits per heavy atom. The maximum atomic E-state index is 12.5. The summed E-state index contributed by atoms with van der Waals surface area (Å²) in [4.78, 5) is 26.1. The van der Waals surface area contributed by atoms with Gasteiger partial charge in [-0.15, -0.1) is 0 Å². The summed E-state index contributed by atoms with van der Waals surface area (Å²) in [5.74, 6) is -0.353. The summed E-state index contributed by atoms with van der Waals surface area (Å²) in [7, 11) is 0. The molecule has 1 aliphatic heterocycles. The Labute approximate surface area is 122 Å². The minimum atomic E-state index is -0.362. The molecule has 1 aromatic heterocycles. The smallest absolute Gasteiger partial charge is 0.408 e. The van der Waals surface area contributed by atoms with Crippen LogP contribution in [0.4, 0.5) is 0 Å². The van der Waals surface area contributed by atoms with Crippen molar-refractivity contribution >= 4 is 17.0 Å². The van der Waals surface area contributed by atoms with Gasteiger partial charge in [-0.2, -0.15) is 0 Å². The maximum Gasteiger partial charge on any atom is 0.419 e. The fourth-order valence-corrected chi connectivity index (χ4v) is 2.68. The van der Waals surface area contributed by atoms with Crippen molar-refractivity contribution in [2.75, 3.05) is 26.2 Å². The van der Waals surface area contributed by atoms with Crippen molar-refractivity contribution in [1.29, 1.82) is 0 Å². The fraction of sp³-hybridized carbons (Fsp3) is 0.467. The van der Waals surface area contributed by atoms with E-state index < -0.39 is 0 Å². The first-order chi connectivity index (χ1) is 10.2. The molecule has 0 atom stereocenters. The quantitative estimate of drug-likeness (QED) is 0.917. The summed E-state index contributed by atoms with van der Waals surface area (Å²) in [5.41, 5.74) is 1.84. The number of oxazole rings is 1. The van der Waals surface area contributed by atoms with E-state index in [4.69, 9.17) is 4.42 Å². The van der Waals surface area contributed by atoms with Crippen LogP contribution in [0.2, 0.25) is 0 Å². The third-order valence-corrected chi connectivity index (χ3v) is 3.77. The lowest BCUT2D eigenvalue weighted by Gasteiger charge is -2.27. The van der Waals surface area contributed by atoms with Crippen molar-refractivity contribution in [3.8, 4) is 0 Å². The number of hydrogen-bond donors (Lipinski definition) is 1. The van der Waals surface area contributed by atoms with Crippen LogP contribution < -0.4 is 11.1 Å². The van der Waals surface area contributed by atoms with Crippen molar-refractivity contribution < 1.29 is 9.21 Å². The van der Waals surface area contributed by atoms with Crippen LogP contribution in [0.3, 0.4) is 0 Å². The van der Waals surface area contributed by atoms with E-state index >= 15 is 0 Å². The molecule has 2 aromatic rings. The normalized spacial score (nSPS) is 15.6. The van der Waals surface area contributed by atoms with Crippen molar-refractivity contribution in [3.05, 3.63) is 34.3 Å². The molecular weight excluding hydrogens is 270 g/mol. The number of aromatic nitrogens is 1. The van der Waals surface area contributed by atoms with Crippen LogP contribution in [0, 0.1) is 0 Å². The minimum absolute atomic E-state index is 0.00935. The number of fused-ring (bicyclic) bond motifs is 1. The molecule has 1 amide bonds. The highest BCUT2D eigenvalue weighted by molar-refractivity contribution is 5.97. The van der Waals surface area contributed by atoms with Crippen molar-refractivity contribution in [2.24, 2.45) is 0 Å². The van der Waals surface area contributed by atoms with Crippen molar-refractivity contribution in [3.63, 3.8) is 0 Å². The lowest BCUT2D eigenvalue weighted by atomic mass is 10.1. The standard InChI is InChI=1S/C15H19N3O3/c1-2-7-18-12-10-11(3-4-13(12)21-15(18)20)14(19)17-8-5-16-6-9-17/h3-4,10,16H,2,5-9H2,1H3. The highest BCUT2D eigenvalue weighted by Crippen LogP contribution is 2.17. The summed E-state index contributed by atoms with van der Waals surface area (Å²) in [6.45, 7) is 5.66. The number of nitrogens with one attached hydrogen (secondary N) is 1. The fourth-order valence-electron chi connectivity index (χ4n) is 2.68. The summed E-state index contributed by atoms with van der Waals surface area (Å²) in [6, 6.07) is 5.20. The van der Waals surface area contributed by atoms with Crippen LogP contribution in [-0.4, -0.2) is 41.6 Å². The Bertz CT molecular complexity index is 711. The molecule has 1 aromatic carbocycles. The summed E-state index contributed by atoms with van der Waals surface area (Å²) in [5, 5.41) is 3.23. The van der Waals surface area contributed by atoms with Gasteiger partial charge in [-0.05, 0) is 24.6 Å². The van der Waals surface area contributed by atoms with E-state index in [-0.39, 0.29) is 11.7 Å². The molecule has 0 saturated carbocycles. The lowest BCUT2D eigenvalue weighted by molar-refractivity contribution is 0.0736. The van der Waals surface area contributed by atoms with Crippen molar-refractivity contribution in [2.45, 2.75) is 19.9 Å². The molecule has 2 heterocycles. The summed E-state index contributed by atoms with van der Waals surface area (Å²) < 4.78 is 6.79. The molecule has 1 aliphatic rings. The van der Waals surface area contributed by atoms with E-state index in [1.54, 1.807) is 22.8 Å². The number of aryl methyl sites for hydroxylation is 1. The number of carbonyl (C=O) groups is 1. The van der Waals surface area contributed by atoms with Crippen LogP contribution >= 0.6 is 0 Å². The number of amides is 1. The van der Waals surface area contributed by atoms with Gasteiger partial charge in [0, 0.05) is 38.3 Å². The third kappa shape index (κ3) is 2.58. The molecule has 6 heteroatoms. The van der Waals surface area contributed by atoms with Crippen LogP contribution in [-0.2, 0) is 6.54 Å². The van der Waals surface area contributed by atoms with Gasteiger partial charge < -0.3 is 14.6 Å². The first kappa shape index (κ1) is 13.9. The van der Waals surface area contributed by atoms with Crippen molar-refractivity contribution in [1.82, 2.24) is 14.8 Å². The second-order valence-corrected chi connectivity index (χ2v) is 5.24. The van der Waals surface area contributed by atoms with Crippen LogP contribution in [0.1, 0.15) is 23.7 Å². The van der Waals surface area contributed by atoms with E-state index in [0.29, 0.717) is 36.3 Å². The van der Waals surface area contributed by atoms with E-state index in [0.717, 1.165) is 19.5 Å². The van der Waals surface area contributed by atoms with Gasteiger partial charge >= 0.3 is 5.76 Å². The molecular formula is C15H19N3O3. The Kier molecular flexibility index (Phi) is 3.79. The molecule has 112 valence electrons. The second kappa shape index (κ2) is 5.73. The van der Waals surface area contributed by atoms with Gasteiger partial charge in [-0.3, -0.25) is 9.36 Å². The third-order valence-electron chi connectivity index (χ3n) is 3.77. The number of hydrogen-bond acceptors (Lipinski definition) is 4. The molecule has 0 spiro atoms. The monoisotopic (exact) mass is 289 g/mol. The highest BCUT2D eigenvalue weighted by atomic mass is 16.4. The summed E-state index contributed by atoms with van der Waals surface area (Å²) >= 11 is 0. The molecule has 0 unspecified atom stereocenters. The molecule has 3 rings (SSSR count). The van der Waals surface area contributed by atoms with E-state index in [1.807, 2.05) is 11.8 Å². The Hall–Kier alpha value is -2.08. The van der Waals surface area contributed by atoms with Gasteiger partial charge in [0.25, 0.3) is 5.91 Å². The largest absolute Gasteiger partial charge is 0.419 e.